The summed E-state index contributed by atoms with van der Waals surface area (Å²) >= 11 is 0. The van der Waals surface area contributed by atoms with Crippen molar-refractivity contribution in [2.45, 2.75) is 26.2 Å². The Bertz CT molecular complexity index is 420. The van der Waals surface area contributed by atoms with E-state index in [0.29, 0.717) is 19.0 Å². The van der Waals surface area contributed by atoms with Crippen molar-refractivity contribution in [1.82, 2.24) is 5.32 Å². The van der Waals surface area contributed by atoms with Crippen LogP contribution in [0.3, 0.4) is 0 Å². The molecule has 0 aliphatic heterocycles. The number of rotatable bonds is 4. The quantitative estimate of drug-likeness (QED) is 0.877. The summed E-state index contributed by atoms with van der Waals surface area (Å²) in [6.45, 7) is 3.28. The third kappa shape index (κ3) is 3.47. The summed E-state index contributed by atoms with van der Waals surface area (Å²) in [7, 11) is 0. The molecular formula is C14H21ClN2O. The van der Waals surface area contributed by atoms with E-state index in [1.807, 2.05) is 19.1 Å². The van der Waals surface area contributed by atoms with Gasteiger partial charge < -0.3 is 11.1 Å². The molecule has 1 amide bonds. The van der Waals surface area contributed by atoms with Crippen molar-refractivity contribution >= 4 is 18.3 Å². The molecule has 3 N–H and O–H groups in total. The van der Waals surface area contributed by atoms with Gasteiger partial charge in [0.1, 0.15) is 0 Å². The number of aryl methyl sites for hydroxylation is 2. The number of carbonyl (C=O) groups is 1. The Morgan fingerprint density at radius 1 is 1.39 bits per heavy atom. The molecule has 1 aromatic carbocycles. The maximum Gasteiger partial charge on any atom is 0.251 e. The van der Waals surface area contributed by atoms with Gasteiger partial charge in [-0.15, -0.1) is 12.4 Å². The second kappa shape index (κ2) is 6.76. The molecular weight excluding hydrogens is 248 g/mol. The van der Waals surface area contributed by atoms with Gasteiger partial charge in [-0.05, 0) is 55.0 Å². The van der Waals surface area contributed by atoms with Crippen LogP contribution in [0.25, 0.3) is 0 Å². The van der Waals surface area contributed by atoms with E-state index < -0.39 is 0 Å². The van der Waals surface area contributed by atoms with Gasteiger partial charge in [0, 0.05) is 12.1 Å². The SMILES string of the molecule is CC(CN)CNC(=O)c1ccc2c(c1)CCC2.Cl. The zero-order valence-electron chi connectivity index (χ0n) is 10.7. The first-order valence-electron chi connectivity index (χ1n) is 6.30. The highest BCUT2D eigenvalue weighted by molar-refractivity contribution is 5.94. The average molecular weight is 269 g/mol. The number of benzene rings is 1. The van der Waals surface area contributed by atoms with Crippen LogP contribution < -0.4 is 11.1 Å². The smallest absolute Gasteiger partial charge is 0.251 e. The monoisotopic (exact) mass is 268 g/mol. The predicted molar refractivity (Wildman–Crippen MR) is 76.3 cm³/mol. The lowest BCUT2D eigenvalue weighted by molar-refractivity contribution is 0.0948. The van der Waals surface area contributed by atoms with Gasteiger partial charge in [0.05, 0.1) is 0 Å². The number of nitrogens with one attached hydrogen (secondary N) is 1. The Kier molecular flexibility index (Phi) is 5.63. The Labute approximate surface area is 115 Å². The fourth-order valence-corrected chi connectivity index (χ4v) is 2.17. The maximum absolute atomic E-state index is 11.9. The van der Waals surface area contributed by atoms with Crippen molar-refractivity contribution in [2.75, 3.05) is 13.1 Å². The predicted octanol–water partition coefficient (Wildman–Crippen LogP) is 1.92. The van der Waals surface area contributed by atoms with Gasteiger partial charge in [-0.1, -0.05) is 13.0 Å². The summed E-state index contributed by atoms with van der Waals surface area (Å²) in [4.78, 5) is 11.9. The standard InChI is InChI=1S/C14H20N2O.ClH/c1-10(8-15)9-16-14(17)13-6-5-11-3-2-4-12(11)7-13;/h5-7,10H,2-4,8-9,15H2,1H3,(H,16,17);1H. The topological polar surface area (TPSA) is 55.1 Å². The molecule has 4 heteroatoms. The molecule has 1 atom stereocenters. The molecule has 3 nitrogen and oxygen atoms in total. The molecule has 0 saturated heterocycles. The summed E-state index contributed by atoms with van der Waals surface area (Å²) in [6, 6.07) is 6.04. The molecule has 0 saturated carbocycles. The molecule has 0 spiro atoms. The molecule has 100 valence electrons. The summed E-state index contributed by atoms with van der Waals surface area (Å²) in [5, 5.41) is 2.92. The molecule has 2 rings (SSSR count). The number of hydrogen-bond donors (Lipinski definition) is 2. The van der Waals surface area contributed by atoms with Crippen molar-refractivity contribution in [2.24, 2.45) is 11.7 Å². The molecule has 18 heavy (non-hydrogen) atoms. The molecule has 0 radical (unpaired) electrons. The maximum atomic E-state index is 11.9. The number of nitrogens with two attached hydrogens (primary N) is 1. The van der Waals surface area contributed by atoms with Crippen molar-refractivity contribution in [3.8, 4) is 0 Å². The summed E-state index contributed by atoms with van der Waals surface area (Å²) in [6.07, 6.45) is 3.47. The van der Waals surface area contributed by atoms with E-state index in [-0.39, 0.29) is 18.3 Å². The average Bonchev–Trinajstić information content (AvgIpc) is 2.82. The molecule has 0 bridgehead atoms. The number of fused-ring (bicyclic) bond motifs is 1. The molecule has 1 aliphatic carbocycles. The normalized spacial score (nSPS) is 14.6. The van der Waals surface area contributed by atoms with E-state index in [1.54, 1.807) is 0 Å². The zero-order valence-corrected chi connectivity index (χ0v) is 11.6. The molecule has 1 aliphatic rings. The highest BCUT2D eigenvalue weighted by Gasteiger charge is 2.13. The molecule has 1 aromatic rings. The third-order valence-corrected chi connectivity index (χ3v) is 3.37. The second-order valence-corrected chi connectivity index (χ2v) is 4.89. The van der Waals surface area contributed by atoms with Gasteiger partial charge in [-0.2, -0.15) is 0 Å². The van der Waals surface area contributed by atoms with E-state index in [9.17, 15) is 4.79 Å². The second-order valence-electron chi connectivity index (χ2n) is 4.89. The zero-order chi connectivity index (χ0) is 12.3. The third-order valence-electron chi connectivity index (χ3n) is 3.37. The van der Waals surface area contributed by atoms with Crippen LogP contribution in [-0.4, -0.2) is 19.0 Å². The first-order valence-corrected chi connectivity index (χ1v) is 6.30. The van der Waals surface area contributed by atoms with Gasteiger partial charge in [-0.3, -0.25) is 4.79 Å². The van der Waals surface area contributed by atoms with Crippen LogP contribution in [0.15, 0.2) is 18.2 Å². The largest absolute Gasteiger partial charge is 0.352 e. The van der Waals surface area contributed by atoms with Crippen LogP contribution in [0.4, 0.5) is 0 Å². The summed E-state index contributed by atoms with van der Waals surface area (Å²) < 4.78 is 0. The van der Waals surface area contributed by atoms with E-state index in [0.717, 1.165) is 18.4 Å². The number of hydrogen-bond acceptors (Lipinski definition) is 2. The van der Waals surface area contributed by atoms with Crippen LogP contribution in [0.1, 0.15) is 34.8 Å². The van der Waals surface area contributed by atoms with E-state index in [2.05, 4.69) is 11.4 Å². The fraction of sp³-hybridized carbons (Fsp3) is 0.500. The van der Waals surface area contributed by atoms with Gasteiger partial charge in [0.25, 0.3) is 5.91 Å². The van der Waals surface area contributed by atoms with Crippen LogP contribution in [-0.2, 0) is 12.8 Å². The van der Waals surface area contributed by atoms with Crippen LogP contribution >= 0.6 is 12.4 Å². The van der Waals surface area contributed by atoms with Crippen molar-refractivity contribution in [3.05, 3.63) is 34.9 Å². The van der Waals surface area contributed by atoms with Crippen LogP contribution in [0.5, 0.6) is 0 Å². The minimum atomic E-state index is 0. The molecule has 1 unspecified atom stereocenters. The molecule has 0 fully saturated rings. The highest BCUT2D eigenvalue weighted by Crippen LogP contribution is 2.22. The van der Waals surface area contributed by atoms with Crippen LogP contribution in [0.2, 0.25) is 0 Å². The van der Waals surface area contributed by atoms with Gasteiger partial charge in [0.2, 0.25) is 0 Å². The van der Waals surface area contributed by atoms with Crippen LogP contribution in [0, 0.1) is 5.92 Å². The Hall–Kier alpha value is -1.06. The number of carbonyl (C=O) groups excluding carboxylic acids is 1. The van der Waals surface area contributed by atoms with Crippen molar-refractivity contribution in [1.29, 1.82) is 0 Å². The van der Waals surface area contributed by atoms with E-state index in [4.69, 9.17) is 5.73 Å². The van der Waals surface area contributed by atoms with Crippen molar-refractivity contribution in [3.63, 3.8) is 0 Å². The Morgan fingerprint density at radius 3 is 2.83 bits per heavy atom. The van der Waals surface area contributed by atoms with Gasteiger partial charge >= 0.3 is 0 Å². The minimum absolute atomic E-state index is 0. The van der Waals surface area contributed by atoms with Crippen molar-refractivity contribution < 1.29 is 4.79 Å². The summed E-state index contributed by atoms with van der Waals surface area (Å²) in [5.74, 6) is 0.341. The van der Waals surface area contributed by atoms with E-state index in [1.165, 1.54) is 17.5 Å². The van der Waals surface area contributed by atoms with Gasteiger partial charge in [0.15, 0.2) is 0 Å². The minimum Gasteiger partial charge on any atom is -0.352 e. The van der Waals surface area contributed by atoms with Gasteiger partial charge in [-0.25, -0.2) is 0 Å². The lowest BCUT2D eigenvalue weighted by atomic mass is 10.1. The van der Waals surface area contributed by atoms with E-state index >= 15 is 0 Å². The highest BCUT2D eigenvalue weighted by atomic mass is 35.5. The number of amides is 1. The summed E-state index contributed by atoms with van der Waals surface area (Å²) in [5.41, 5.74) is 9.03. The first-order chi connectivity index (χ1) is 8.20. The lowest BCUT2D eigenvalue weighted by Crippen LogP contribution is -2.31. The Balaban J connectivity index is 0.00000162. The molecule has 0 heterocycles. The number of halogens is 1. The lowest BCUT2D eigenvalue weighted by Gasteiger charge is -2.10. The molecule has 0 aromatic heterocycles. The first kappa shape index (κ1) is 15.0. The fourth-order valence-electron chi connectivity index (χ4n) is 2.17. The Morgan fingerprint density at radius 2 is 2.11 bits per heavy atom.